The lowest BCUT2D eigenvalue weighted by atomic mass is 10.1. The summed E-state index contributed by atoms with van der Waals surface area (Å²) < 4.78 is 10.8. The van der Waals surface area contributed by atoms with Crippen LogP contribution in [0.5, 0.6) is 5.75 Å². The number of methoxy groups -OCH3 is 1. The second-order valence-corrected chi connectivity index (χ2v) is 5.59. The van der Waals surface area contributed by atoms with Gasteiger partial charge >= 0.3 is 5.97 Å². The van der Waals surface area contributed by atoms with Gasteiger partial charge < -0.3 is 19.5 Å². The Bertz CT molecular complexity index is 566. The molecule has 6 nitrogen and oxygen atoms in total. The number of nitrogens with zero attached hydrogens (tertiary/aromatic N) is 1. The van der Waals surface area contributed by atoms with E-state index < -0.39 is 5.97 Å². The summed E-state index contributed by atoms with van der Waals surface area (Å²) >= 11 is 0. The first-order valence-corrected chi connectivity index (χ1v) is 7.88. The Balaban J connectivity index is 2.18. The molecule has 1 saturated heterocycles. The molecule has 0 aliphatic carbocycles. The van der Waals surface area contributed by atoms with Crippen molar-refractivity contribution in [3.05, 3.63) is 29.3 Å². The molecule has 0 saturated carbocycles. The summed E-state index contributed by atoms with van der Waals surface area (Å²) in [5, 5.41) is 9.17. The number of benzene rings is 1. The zero-order valence-electron chi connectivity index (χ0n) is 13.6. The fourth-order valence-corrected chi connectivity index (χ4v) is 2.70. The molecule has 126 valence electrons. The predicted octanol–water partition coefficient (Wildman–Crippen LogP) is 2.42. The van der Waals surface area contributed by atoms with E-state index in [2.05, 4.69) is 0 Å². The molecule has 1 aliphatic heterocycles. The number of carbonyl (C=O) groups excluding carboxylic acids is 1. The van der Waals surface area contributed by atoms with Gasteiger partial charge in [-0.15, -0.1) is 0 Å². The van der Waals surface area contributed by atoms with E-state index in [4.69, 9.17) is 14.6 Å². The summed E-state index contributed by atoms with van der Waals surface area (Å²) in [6, 6.07) is 4.36. The number of carboxylic acids is 1. The molecular formula is C17H23NO5. The first-order chi connectivity index (χ1) is 11.0. The van der Waals surface area contributed by atoms with Crippen LogP contribution in [0.3, 0.4) is 0 Å². The van der Waals surface area contributed by atoms with Crippen LogP contribution in [0.25, 0.3) is 0 Å². The molecule has 1 atom stereocenters. The Labute approximate surface area is 136 Å². The molecule has 1 amide bonds. The van der Waals surface area contributed by atoms with Crippen LogP contribution in [0, 0.1) is 0 Å². The SMILES string of the molecule is CCN(CC1CCCCO1)C(=O)c1cc(OC)cc(C(=O)O)c1. The van der Waals surface area contributed by atoms with Crippen molar-refractivity contribution in [1.82, 2.24) is 4.90 Å². The third-order valence-corrected chi connectivity index (χ3v) is 4.00. The van der Waals surface area contributed by atoms with Gasteiger partial charge in [0.1, 0.15) is 5.75 Å². The Kier molecular flexibility index (Phi) is 5.98. The number of carbonyl (C=O) groups is 2. The van der Waals surface area contributed by atoms with Crippen LogP contribution in [0.15, 0.2) is 18.2 Å². The smallest absolute Gasteiger partial charge is 0.335 e. The van der Waals surface area contributed by atoms with Crippen molar-refractivity contribution < 1.29 is 24.2 Å². The minimum Gasteiger partial charge on any atom is -0.497 e. The number of amides is 1. The van der Waals surface area contributed by atoms with E-state index in [1.165, 1.54) is 19.2 Å². The van der Waals surface area contributed by atoms with Gasteiger partial charge in [-0.3, -0.25) is 4.79 Å². The number of hydrogen-bond acceptors (Lipinski definition) is 4. The van der Waals surface area contributed by atoms with Crippen LogP contribution in [0.4, 0.5) is 0 Å². The maximum absolute atomic E-state index is 12.7. The molecule has 1 aromatic rings. The fraction of sp³-hybridized carbons (Fsp3) is 0.529. The van der Waals surface area contributed by atoms with Gasteiger partial charge in [-0.25, -0.2) is 4.79 Å². The largest absolute Gasteiger partial charge is 0.497 e. The van der Waals surface area contributed by atoms with E-state index in [0.29, 0.717) is 24.4 Å². The lowest BCUT2D eigenvalue weighted by Crippen LogP contribution is -2.39. The molecule has 0 bridgehead atoms. The van der Waals surface area contributed by atoms with Crippen molar-refractivity contribution in [1.29, 1.82) is 0 Å². The van der Waals surface area contributed by atoms with Crippen LogP contribution in [0.1, 0.15) is 46.9 Å². The maximum atomic E-state index is 12.7. The maximum Gasteiger partial charge on any atom is 0.335 e. The van der Waals surface area contributed by atoms with Crippen LogP contribution >= 0.6 is 0 Å². The minimum absolute atomic E-state index is 0.0395. The normalized spacial score (nSPS) is 17.6. The molecule has 1 aromatic carbocycles. The lowest BCUT2D eigenvalue weighted by molar-refractivity contribution is -0.00312. The van der Waals surface area contributed by atoms with Gasteiger partial charge in [-0.1, -0.05) is 0 Å². The molecule has 1 heterocycles. The van der Waals surface area contributed by atoms with Crippen molar-refractivity contribution in [2.75, 3.05) is 26.8 Å². The summed E-state index contributed by atoms with van der Waals surface area (Å²) in [6.07, 6.45) is 3.17. The van der Waals surface area contributed by atoms with Gasteiger partial charge in [0.15, 0.2) is 0 Å². The highest BCUT2D eigenvalue weighted by Gasteiger charge is 2.22. The summed E-state index contributed by atoms with van der Waals surface area (Å²) in [6.45, 7) is 3.70. The number of rotatable bonds is 6. The van der Waals surface area contributed by atoms with Gasteiger partial charge in [0, 0.05) is 25.3 Å². The van der Waals surface area contributed by atoms with Crippen LogP contribution in [-0.2, 0) is 4.74 Å². The third kappa shape index (κ3) is 4.45. The topological polar surface area (TPSA) is 76.1 Å². The number of ether oxygens (including phenoxy) is 2. The van der Waals surface area contributed by atoms with Gasteiger partial charge in [0.25, 0.3) is 5.91 Å². The molecule has 1 N–H and O–H groups in total. The predicted molar refractivity (Wildman–Crippen MR) is 85.1 cm³/mol. The van der Waals surface area contributed by atoms with E-state index in [1.54, 1.807) is 11.0 Å². The van der Waals surface area contributed by atoms with E-state index in [9.17, 15) is 9.59 Å². The molecule has 1 aliphatic rings. The van der Waals surface area contributed by atoms with Crippen LogP contribution < -0.4 is 4.74 Å². The minimum atomic E-state index is -1.09. The van der Waals surface area contributed by atoms with E-state index in [-0.39, 0.29) is 17.6 Å². The molecule has 6 heteroatoms. The molecule has 0 aromatic heterocycles. The van der Waals surface area contributed by atoms with E-state index in [0.717, 1.165) is 25.9 Å². The Morgan fingerprint density at radius 1 is 1.30 bits per heavy atom. The standard InChI is InChI=1S/C17H23NO5/c1-3-18(11-14-6-4-5-7-23-14)16(19)12-8-13(17(20)21)10-15(9-12)22-2/h8-10,14H,3-7,11H2,1-2H3,(H,20,21). The molecular weight excluding hydrogens is 298 g/mol. The summed E-state index contributed by atoms with van der Waals surface area (Å²) in [5.74, 6) is -0.932. The summed E-state index contributed by atoms with van der Waals surface area (Å²) in [7, 11) is 1.45. The average Bonchev–Trinajstić information content (AvgIpc) is 2.59. The van der Waals surface area contributed by atoms with Gasteiger partial charge in [0.2, 0.25) is 0 Å². The number of aromatic carboxylic acids is 1. The number of likely N-dealkylation sites (N-methyl/N-ethyl adjacent to an activating group) is 1. The highest BCUT2D eigenvalue weighted by molar-refractivity contribution is 5.98. The monoisotopic (exact) mass is 321 g/mol. The van der Waals surface area contributed by atoms with Crippen LogP contribution in [0.2, 0.25) is 0 Å². The van der Waals surface area contributed by atoms with Gasteiger partial charge in [0.05, 0.1) is 18.8 Å². The van der Waals surface area contributed by atoms with E-state index in [1.807, 2.05) is 6.92 Å². The molecule has 2 rings (SSSR count). The van der Waals surface area contributed by atoms with Gasteiger partial charge in [-0.05, 0) is 44.4 Å². The van der Waals surface area contributed by atoms with Gasteiger partial charge in [-0.2, -0.15) is 0 Å². The zero-order valence-corrected chi connectivity index (χ0v) is 13.6. The first kappa shape index (κ1) is 17.3. The van der Waals surface area contributed by atoms with Crippen molar-refractivity contribution in [3.8, 4) is 5.75 Å². The number of carboxylic acid groups (broad SMARTS) is 1. The first-order valence-electron chi connectivity index (χ1n) is 7.88. The van der Waals surface area contributed by atoms with Crippen molar-refractivity contribution in [2.45, 2.75) is 32.3 Å². The molecule has 1 unspecified atom stereocenters. The fourth-order valence-electron chi connectivity index (χ4n) is 2.70. The Hall–Kier alpha value is -2.08. The Morgan fingerprint density at radius 2 is 2.04 bits per heavy atom. The molecule has 0 radical (unpaired) electrons. The van der Waals surface area contributed by atoms with E-state index >= 15 is 0 Å². The highest BCUT2D eigenvalue weighted by atomic mass is 16.5. The highest BCUT2D eigenvalue weighted by Crippen LogP contribution is 2.20. The summed E-state index contributed by atoms with van der Waals surface area (Å²) in [5.41, 5.74) is 0.358. The zero-order chi connectivity index (χ0) is 16.8. The van der Waals surface area contributed by atoms with Crippen LogP contribution in [-0.4, -0.2) is 54.8 Å². The average molecular weight is 321 g/mol. The lowest BCUT2D eigenvalue weighted by Gasteiger charge is -2.29. The second kappa shape index (κ2) is 7.97. The molecule has 23 heavy (non-hydrogen) atoms. The Morgan fingerprint density at radius 3 is 2.61 bits per heavy atom. The second-order valence-electron chi connectivity index (χ2n) is 5.59. The number of hydrogen-bond donors (Lipinski definition) is 1. The molecule has 0 spiro atoms. The molecule has 1 fully saturated rings. The van der Waals surface area contributed by atoms with Crippen molar-refractivity contribution in [3.63, 3.8) is 0 Å². The summed E-state index contributed by atoms with van der Waals surface area (Å²) in [4.78, 5) is 25.6. The van der Waals surface area contributed by atoms with Crippen molar-refractivity contribution >= 4 is 11.9 Å². The quantitative estimate of drug-likeness (QED) is 0.871. The van der Waals surface area contributed by atoms with Crippen molar-refractivity contribution in [2.24, 2.45) is 0 Å². The third-order valence-electron chi connectivity index (χ3n) is 4.00.